The van der Waals surface area contributed by atoms with Crippen LogP contribution in [0.2, 0.25) is 0 Å². The Balaban J connectivity index is 1.83. The van der Waals surface area contributed by atoms with Crippen LogP contribution in [0.1, 0.15) is 18.3 Å². The van der Waals surface area contributed by atoms with Crippen molar-refractivity contribution in [3.63, 3.8) is 0 Å². The molecular weight excluding hydrogens is 242 g/mol. The van der Waals surface area contributed by atoms with Crippen molar-refractivity contribution in [3.8, 4) is 0 Å². The van der Waals surface area contributed by atoms with Gasteiger partial charge in [-0.3, -0.25) is 4.79 Å². The molecule has 0 aliphatic carbocycles. The first kappa shape index (κ1) is 12.4. The minimum atomic E-state index is -0.298. The lowest BCUT2D eigenvalue weighted by Gasteiger charge is -2.18. The summed E-state index contributed by atoms with van der Waals surface area (Å²) in [5, 5.41) is 0. The van der Waals surface area contributed by atoms with E-state index < -0.39 is 0 Å². The lowest BCUT2D eigenvalue weighted by Crippen LogP contribution is -2.24. The maximum absolute atomic E-state index is 12.0. The summed E-state index contributed by atoms with van der Waals surface area (Å²) in [5.41, 5.74) is 1.87. The number of hydrogen-bond acceptors (Lipinski definition) is 3. The van der Waals surface area contributed by atoms with Crippen LogP contribution in [0.25, 0.3) is 0 Å². The number of anilines is 1. The van der Waals surface area contributed by atoms with Gasteiger partial charge in [0.25, 0.3) is 0 Å². The third-order valence-corrected chi connectivity index (χ3v) is 3.56. The van der Waals surface area contributed by atoms with E-state index in [4.69, 9.17) is 9.47 Å². The molecule has 4 nitrogen and oxygen atoms in total. The Kier molecular flexibility index (Phi) is 3.36. The molecule has 3 rings (SSSR count). The van der Waals surface area contributed by atoms with Crippen molar-refractivity contribution in [3.05, 3.63) is 42.5 Å². The molecule has 2 aliphatic heterocycles. The van der Waals surface area contributed by atoms with Crippen LogP contribution in [-0.2, 0) is 14.3 Å². The Labute approximate surface area is 112 Å². The third kappa shape index (κ3) is 2.41. The molecule has 0 radical (unpaired) electrons. The summed E-state index contributed by atoms with van der Waals surface area (Å²) in [6.45, 7) is 5.72. The van der Waals surface area contributed by atoms with Crippen molar-refractivity contribution in [2.75, 3.05) is 24.7 Å². The van der Waals surface area contributed by atoms with Gasteiger partial charge in [-0.2, -0.15) is 0 Å². The topological polar surface area (TPSA) is 38.8 Å². The number of benzene rings is 1. The monoisotopic (exact) mass is 259 g/mol. The minimum Gasteiger partial charge on any atom is -0.346 e. The molecule has 0 spiro atoms. The van der Waals surface area contributed by atoms with Gasteiger partial charge in [-0.15, -0.1) is 6.58 Å². The van der Waals surface area contributed by atoms with E-state index in [0.717, 1.165) is 11.3 Å². The Morgan fingerprint density at radius 1 is 1.32 bits per heavy atom. The molecule has 1 amide bonds. The zero-order valence-corrected chi connectivity index (χ0v) is 10.7. The predicted octanol–water partition coefficient (Wildman–Crippen LogP) is 2.27. The van der Waals surface area contributed by atoms with Crippen LogP contribution in [0.3, 0.4) is 0 Å². The molecule has 2 fully saturated rings. The highest BCUT2D eigenvalue weighted by molar-refractivity contribution is 5.96. The normalized spacial score (nSPS) is 24.1. The van der Waals surface area contributed by atoms with Crippen molar-refractivity contribution < 1.29 is 14.3 Å². The van der Waals surface area contributed by atoms with Crippen LogP contribution in [-0.4, -0.2) is 25.7 Å². The van der Waals surface area contributed by atoms with Crippen molar-refractivity contribution in [1.29, 1.82) is 0 Å². The van der Waals surface area contributed by atoms with Gasteiger partial charge in [-0.1, -0.05) is 18.2 Å². The SMILES string of the molecule is C=CC1CC(=O)N(c2cccc(C3OCCO3)c2)C1. The number of rotatable bonds is 3. The fourth-order valence-electron chi connectivity index (χ4n) is 2.53. The molecule has 0 saturated carbocycles. The number of hydrogen-bond donors (Lipinski definition) is 0. The average Bonchev–Trinajstić information content (AvgIpc) is 3.08. The van der Waals surface area contributed by atoms with E-state index in [9.17, 15) is 4.79 Å². The maximum atomic E-state index is 12.0. The Hall–Kier alpha value is -1.65. The van der Waals surface area contributed by atoms with E-state index >= 15 is 0 Å². The predicted molar refractivity (Wildman–Crippen MR) is 71.7 cm³/mol. The molecule has 4 heteroatoms. The number of ether oxygens (including phenoxy) is 2. The van der Waals surface area contributed by atoms with E-state index in [1.165, 1.54) is 0 Å². The van der Waals surface area contributed by atoms with Gasteiger partial charge in [0, 0.05) is 30.1 Å². The molecule has 100 valence electrons. The third-order valence-electron chi connectivity index (χ3n) is 3.56. The Morgan fingerprint density at radius 2 is 2.11 bits per heavy atom. The van der Waals surface area contributed by atoms with Crippen molar-refractivity contribution in [2.24, 2.45) is 5.92 Å². The number of nitrogens with zero attached hydrogens (tertiary/aromatic N) is 1. The van der Waals surface area contributed by atoms with E-state index in [1.807, 2.05) is 35.2 Å². The number of amides is 1. The molecule has 1 unspecified atom stereocenters. The number of carbonyl (C=O) groups is 1. The summed E-state index contributed by atoms with van der Waals surface area (Å²) >= 11 is 0. The quantitative estimate of drug-likeness (QED) is 0.782. The summed E-state index contributed by atoms with van der Waals surface area (Å²) in [7, 11) is 0. The lowest BCUT2D eigenvalue weighted by molar-refractivity contribution is -0.117. The second kappa shape index (κ2) is 5.15. The Morgan fingerprint density at radius 3 is 2.79 bits per heavy atom. The fourth-order valence-corrected chi connectivity index (χ4v) is 2.53. The zero-order chi connectivity index (χ0) is 13.2. The van der Waals surface area contributed by atoms with Crippen molar-refractivity contribution in [1.82, 2.24) is 0 Å². The van der Waals surface area contributed by atoms with Crippen molar-refractivity contribution in [2.45, 2.75) is 12.7 Å². The molecule has 19 heavy (non-hydrogen) atoms. The Bertz CT molecular complexity index is 494. The van der Waals surface area contributed by atoms with Crippen molar-refractivity contribution >= 4 is 11.6 Å². The highest BCUT2D eigenvalue weighted by atomic mass is 16.7. The van der Waals surface area contributed by atoms with Crippen LogP contribution in [0.15, 0.2) is 36.9 Å². The average molecular weight is 259 g/mol. The van der Waals surface area contributed by atoms with Crippen LogP contribution in [0.5, 0.6) is 0 Å². The van der Waals surface area contributed by atoms with Gasteiger partial charge in [-0.25, -0.2) is 0 Å². The van der Waals surface area contributed by atoms with Gasteiger partial charge in [-0.05, 0) is 12.1 Å². The second-order valence-electron chi connectivity index (χ2n) is 4.87. The first-order chi connectivity index (χ1) is 9.28. The van der Waals surface area contributed by atoms with Crippen LogP contribution >= 0.6 is 0 Å². The standard InChI is InChI=1S/C15H17NO3/c1-2-11-8-14(17)16(10-11)13-5-3-4-12(9-13)15-18-6-7-19-15/h2-5,9,11,15H,1,6-8,10H2. The summed E-state index contributed by atoms with van der Waals surface area (Å²) < 4.78 is 11.0. The summed E-state index contributed by atoms with van der Waals surface area (Å²) in [5.74, 6) is 0.394. The van der Waals surface area contributed by atoms with E-state index in [0.29, 0.717) is 26.2 Å². The lowest BCUT2D eigenvalue weighted by atomic mass is 10.1. The molecule has 1 atom stereocenters. The van der Waals surface area contributed by atoms with Gasteiger partial charge < -0.3 is 14.4 Å². The summed E-state index contributed by atoms with van der Waals surface area (Å²) in [6, 6.07) is 7.82. The van der Waals surface area contributed by atoms with Crippen LogP contribution < -0.4 is 4.90 Å². The summed E-state index contributed by atoms with van der Waals surface area (Å²) in [4.78, 5) is 13.8. The molecule has 2 aliphatic rings. The molecule has 0 N–H and O–H groups in total. The van der Waals surface area contributed by atoms with Crippen LogP contribution in [0.4, 0.5) is 5.69 Å². The molecule has 0 aromatic heterocycles. The van der Waals surface area contributed by atoms with E-state index in [2.05, 4.69) is 6.58 Å². The molecule has 2 heterocycles. The molecular formula is C15H17NO3. The maximum Gasteiger partial charge on any atom is 0.227 e. The van der Waals surface area contributed by atoms with Gasteiger partial charge in [0.05, 0.1) is 13.2 Å². The minimum absolute atomic E-state index is 0.148. The molecule has 2 saturated heterocycles. The first-order valence-corrected chi connectivity index (χ1v) is 6.54. The fraction of sp³-hybridized carbons (Fsp3) is 0.400. The smallest absolute Gasteiger partial charge is 0.227 e. The van der Waals surface area contributed by atoms with Gasteiger partial charge in [0.15, 0.2) is 6.29 Å². The van der Waals surface area contributed by atoms with Crippen LogP contribution in [0, 0.1) is 5.92 Å². The van der Waals surface area contributed by atoms with E-state index in [1.54, 1.807) is 0 Å². The van der Waals surface area contributed by atoms with Gasteiger partial charge in [0.2, 0.25) is 5.91 Å². The number of carbonyl (C=O) groups excluding carboxylic acids is 1. The second-order valence-corrected chi connectivity index (χ2v) is 4.87. The highest BCUT2D eigenvalue weighted by Gasteiger charge is 2.29. The molecule has 1 aromatic rings. The van der Waals surface area contributed by atoms with E-state index in [-0.39, 0.29) is 18.1 Å². The van der Waals surface area contributed by atoms with Gasteiger partial charge >= 0.3 is 0 Å². The van der Waals surface area contributed by atoms with Gasteiger partial charge in [0.1, 0.15) is 0 Å². The zero-order valence-electron chi connectivity index (χ0n) is 10.7. The first-order valence-electron chi connectivity index (χ1n) is 6.54. The molecule has 1 aromatic carbocycles. The highest BCUT2D eigenvalue weighted by Crippen LogP contribution is 2.30. The summed E-state index contributed by atoms with van der Waals surface area (Å²) in [6.07, 6.45) is 2.10. The largest absolute Gasteiger partial charge is 0.346 e. The molecule has 0 bridgehead atoms.